The van der Waals surface area contributed by atoms with E-state index in [2.05, 4.69) is 10.0 Å². The Kier molecular flexibility index (Phi) is 6.03. The fraction of sp³-hybridized carbons (Fsp3) is 0.692. The van der Waals surface area contributed by atoms with E-state index in [0.29, 0.717) is 13.0 Å². The molecule has 19 heavy (non-hydrogen) atoms. The summed E-state index contributed by atoms with van der Waals surface area (Å²) in [6.07, 6.45) is 2.14. The van der Waals surface area contributed by atoms with Crippen LogP contribution in [0.4, 0.5) is 0 Å². The largest absolute Gasteiger partial charge is 0.469 e. The normalized spacial score (nSPS) is 15.6. The summed E-state index contributed by atoms with van der Waals surface area (Å²) in [5.74, 6) is 0.781. The Labute approximate surface area is 115 Å². The van der Waals surface area contributed by atoms with Crippen molar-refractivity contribution >= 4 is 10.0 Å². The van der Waals surface area contributed by atoms with Crippen LogP contribution in [0.25, 0.3) is 0 Å². The quantitative estimate of drug-likeness (QED) is 0.761. The number of rotatable bonds is 8. The molecule has 1 aromatic heterocycles. The Morgan fingerprint density at radius 3 is 2.47 bits per heavy atom. The maximum Gasteiger partial charge on any atom is 0.215 e. The highest BCUT2D eigenvalue weighted by molar-refractivity contribution is 7.90. The molecule has 0 radical (unpaired) electrons. The average molecular weight is 288 g/mol. The van der Waals surface area contributed by atoms with Gasteiger partial charge in [0.25, 0.3) is 0 Å². The zero-order chi connectivity index (χ0) is 14.5. The van der Waals surface area contributed by atoms with E-state index in [1.165, 1.54) is 0 Å². The number of nitrogens with one attached hydrogen (secondary N) is 2. The van der Waals surface area contributed by atoms with Gasteiger partial charge >= 0.3 is 0 Å². The number of hydrogen-bond acceptors (Lipinski definition) is 4. The van der Waals surface area contributed by atoms with E-state index < -0.39 is 15.3 Å². The van der Waals surface area contributed by atoms with Gasteiger partial charge in [-0.05, 0) is 26.0 Å². The van der Waals surface area contributed by atoms with E-state index in [9.17, 15) is 8.42 Å². The average Bonchev–Trinajstić information content (AvgIpc) is 2.77. The first-order valence-electron chi connectivity index (χ1n) is 6.58. The third-order valence-corrected chi connectivity index (χ3v) is 4.75. The standard InChI is InChI=1S/C13H24N2O3S/c1-10(2)14-9-12(4)19(16,17)15-11(3)8-13-6-5-7-18-13/h5-7,10-12,14-15H,8-9H2,1-4H3. The Morgan fingerprint density at radius 2 is 1.95 bits per heavy atom. The summed E-state index contributed by atoms with van der Waals surface area (Å²) in [5.41, 5.74) is 0. The second-order valence-electron chi connectivity index (χ2n) is 5.22. The number of sulfonamides is 1. The summed E-state index contributed by atoms with van der Waals surface area (Å²) in [6, 6.07) is 3.73. The van der Waals surface area contributed by atoms with Crippen molar-refractivity contribution in [2.75, 3.05) is 6.54 Å². The molecule has 0 saturated heterocycles. The van der Waals surface area contributed by atoms with Crippen molar-refractivity contribution in [2.24, 2.45) is 0 Å². The Hall–Kier alpha value is -0.850. The molecule has 0 fully saturated rings. The predicted molar refractivity (Wildman–Crippen MR) is 76.5 cm³/mol. The molecule has 5 nitrogen and oxygen atoms in total. The summed E-state index contributed by atoms with van der Waals surface area (Å²) < 4.78 is 32.1. The summed E-state index contributed by atoms with van der Waals surface area (Å²) >= 11 is 0. The molecule has 1 heterocycles. The SMILES string of the molecule is CC(C)NCC(C)S(=O)(=O)NC(C)Cc1ccco1. The topological polar surface area (TPSA) is 71.3 Å². The van der Waals surface area contributed by atoms with Crippen LogP contribution in [0.1, 0.15) is 33.5 Å². The number of furan rings is 1. The summed E-state index contributed by atoms with van der Waals surface area (Å²) in [5, 5.41) is 2.67. The Balaban J connectivity index is 2.48. The first-order chi connectivity index (χ1) is 8.81. The van der Waals surface area contributed by atoms with Crippen molar-refractivity contribution in [3.8, 4) is 0 Å². The maximum absolute atomic E-state index is 12.1. The second kappa shape index (κ2) is 7.07. The van der Waals surface area contributed by atoms with Gasteiger partial charge in [-0.25, -0.2) is 13.1 Å². The van der Waals surface area contributed by atoms with Gasteiger partial charge in [-0.3, -0.25) is 0 Å². The maximum atomic E-state index is 12.1. The van der Waals surface area contributed by atoms with Gasteiger partial charge in [-0.1, -0.05) is 13.8 Å². The molecule has 1 rings (SSSR count). The molecule has 0 saturated carbocycles. The molecule has 1 aromatic rings. The number of hydrogen-bond donors (Lipinski definition) is 2. The molecule has 0 amide bonds. The summed E-state index contributed by atoms with van der Waals surface area (Å²) in [7, 11) is -3.31. The van der Waals surface area contributed by atoms with E-state index in [1.807, 2.05) is 26.8 Å². The molecule has 0 aliphatic rings. The summed E-state index contributed by atoms with van der Waals surface area (Å²) in [6.45, 7) is 7.97. The van der Waals surface area contributed by atoms with E-state index in [0.717, 1.165) is 5.76 Å². The highest BCUT2D eigenvalue weighted by Crippen LogP contribution is 2.06. The first kappa shape index (κ1) is 16.2. The van der Waals surface area contributed by atoms with Gasteiger partial charge in [0.1, 0.15) is 5.76 Å². The van der Waals surface area contributed by atoms with Crippen LogP contribution in [0.3, 0.4) is 0 Å². The van der Waals surface area contributed by atoms with Crippen LogP contribution < -0.4 is 10.0 Å². The molecule has 0 aliphatic carbocycles. The fourth-order valence-electron chi connectivity index (χ4n) is 1.68. The van der Waals surface area contributed by atoms with Crippen molar-refractivity contribution in [2.45, 2.75) is 51.4 Å². The molecule has 0 aromatic carbocycles. The molecule has 6 heteroatoms. The lowest BCUT2D eigenvalue weighted by atomic mass is 10.2. The lowest BCUT2D eigenvalue weighted by Gasteiger charge is -2.19. The Bertz CT molecular complexity index is 454. The van der Waals surface area contributed by atoms with Gasteiger partial charge in [0.2, 0.25) is 10.0 Å². The van der Waals surface area contributed by atoms with Gasteiger partial charge in [-0.15, -0.1) is 0 Å². The highest BCUT2D eigenvalue weighted by Gasteiger charge is 2.23. The van der Waals surface area contributed by atoms with Crippen molar-refractivity contribution < 1.29 is 12.8 Å². The molecule has 2 unspecified atom stereocenters. The van der Waals surface area contributed by atoms with Gasteiger partial charge in [-0.2, -0.15) is 0 Å². The molecule has 2 N–H and O–H groups in total. The van der Waals surface area contributed by atoms with Gasteiger partial charge in [0.15, 0.2) is 0 Å². The molecular weight excluding hydrogens is 264 g/mol. The van der Waals surface area contributed by atoms with Crippen LogP contribution in [-0.4, -0.2) is 32.3 Å². The minimum Gasteiger partial charge on any atom is -0.469 e. The molecule has 0 spiro atoms. The van der Waals surface area contributed by atoms with Crippen LogP contribution in [0.2, 0.25) is 0 Å². The monoisotopic (exact) mass is 288 g/mol. The highest BCUT2D eigenvalue weighted by atomic mass is 32.2. The first-order valence-corrected chi connectivity index (χ1v) is 8.13. The van der Waals surface area contributed by atoms with E-state index in [1.54, 1.807) is 19.3 Å². The van der Waals surface area contributed by atoms with Crippen LogP contribution in [-0.2, 0) is 16.4 Å². The van der Waals surface area contributed by atoms with Gasteiger partial charge in [0.05, 0.1) is 11.5 Å². The van der Waals surface area contributed by atoms with Crippen LogP contribution in [0, 0.1) is 0 Å². The van der Waals surface area contributed by atoms with Crippen molar-refractivity contribution in [3.63, 3.8) is 0 Å². The van der Waals surface area contributed by atoms with E-state index in [-0.39, 0.29) is 12.1 Å². The minimum atomic E-state index is -3.31. The molecular formula is C13H24N2O3S. The molecule has 2 atom stereocenters. The van der Waals surface area contributed by atoms with Crippen LogP contribution in [0.15, 0.2) is 22.8 Å². The zero-order valence-electron chi connectivity index (χ0n) is 12.0. The van der Waals surface area contributed by atoms with Gasteiger partial charge in [0, 0.05) is 25.0 Å². The zero-order valence-corrected chi connectivity index (χ0v) is 12.8. The smallest absolute Gasteiger partial charge is 0.215 e. The van der Waals surface area contributed by atoms with Crippen LogP contribution >= 0.6 is 0 Å². The molecule has 110 valence electrons. The second-order valence-corrected chi connectivity index (χ2v) is 7.35. The minimum absolute atomic E-state index is 0.183. The fourth-order valence-corrected chi connectivity index (χ4v) is 2.87. The van der Waals surface area contributed by atoms with Crippen LogP contribution in [0.5, 0.6) is 0 Å². The van der Waals surface area contributed by atoms with Gasteiger partial charge < -0.3 is 9.73 Å². The van der Waals surface area contributed by atoms with E-state index in [4.69, 9.17) is 4.42 Å². The van der Waals surface area contributed by atoms with Crippen molar-refractivity contribution in [3.05, 3.63) is 24.2 Å². The molecule has 0 aliphatic heterocycles. The lowest BCUT2D eigenvalue weighted by Crippen LogP contribution is -2.44. The molecule has 0 bridgehead atoms. The van der Waals surface area contributed by atoms with E-state index >= 15 is 0 Å². The Morgan fingerprint density at radius 1 is 1.26 bits per heavy atom. The summed E-state index contributed by atoms with van der Waals surface area (Å²) in [4.78, 5) is 0. The van der Waals surface area contributed by atoms with Crippen molar-refractivity contribution in [1.82, 2.24) is 10.0 Å². The van der Waals surface area contributed by atoms with Crippen molar-refractivity contribution in [1.29, 1.82) is 0 Å². The third-order valence-electron chi connectivity index (χ3n) is 2.80. The predicted octanol–water partition coefficient (Wildman–Crippen LogP) is 1.52. The lowest BCUT2D eigenvalue weighted by molar-refractivity contribution is 0.475. The third kappa shape index (κ3) is 5.76.